The minimum absolute atomic E-state index is 0.147. The Labute approximate surface area is 164 Å². The van der Waals surface area contributed by atoms with Crippen LogP contribution < -0.4 is 9.47 Å². The lowest BCUT2D eigenvalue weighted by Gasteiger charge is -2.26. The number of rotatable bonds is 5. The summed E-state index contributed by atoms with van der Waals surface area (Å²) in [5, 5.41) is 0. The Hall–Kier alpha value is -2.14. The van der Waals surface area contributed by atoms with Crippen LogP contribution >= 0.6 is 11.8 Å². The van der Waals surface area contributed by atoms with E-state index in [1.54, 1.807) is 11.8 Å². The van der Waals surface area contributed by atoms with Gasteiger partial charge in [0.2, 0.25) is 5.91 Å². The van der Waals surface area contributed by atoms with E-state index in [0.717, 1.165) is 42.2 Å². The second kappa shape index (κ2) is 8.26. The summed E-state index contributed by atoms with van der Waals surface area (Å²) < 4.78 is 11.3. The Balaban J connectivity index is 1.37. The molecule has 1 saturated heterocycles. The zero-order chi connectivity index (χ0) is 18.6. The third-order valence-electron chi connectivity index (χ3n) is 5.14. The van der Waals surface area contributed by atoms with Gasteiger partial charge in [0.05, 0.1) is 11.8 Å². The van der Waals surface area contributed by atoms with Gasteiger partial charge in [0.1, 0.15) is 13.2 Å². The number of ether oxygens (including phenoxy) is 2. The van der Waals surface area contributed by atoms with Crippen LogP contribution in [0.3, 0.4) is 0 Å². The van der Waals surface area contributed by atoms with Crippen LogP contribution in [0.4, 0.5) is 0 Å². The van der Waals surface area contributed by atoms with Crippen LogP contribution in [0.2, 0.25) is 0 Å². The zero-order valence-electron chi connectivity index (χ0n) is 15.6. The molecule has 4 nitrogen and oxygen atoms in total. The number of thioether (sulfide) groups is 1. The molecule has 0 bridgehead atoms. The molecule has 2 aromatic rings. The van der Waals surface area contributed by atoms with E-state index in [4.69, 9.17) is 9.47 Å². The van der Waals surface area contributed by atoms with E-state index < -0.39 is 0 Å². The average Bonchev–Trinajstić information content (AvgIpc) is 3.19. The molecule has 4 rings (SSSR count). The lowest BCUT2D eigenvalue weighted by atomic mass is 10.0. The standard InChI is InChI=1S/C22H25NO3S/c1-16-4-6-17(7-5-16)14-27-15-22(24)23-10-2-3-19(23)18-8-9-20-21(13-18)26-12-11-25-20/h4-9,13,19H,2-3,10-12,14-15H2,1H3. The quantitative estimate of drug-likeness (QED) is 0.769. The van der Waals surface area contributed by atoms with Crippen LogP contribution in [0.5, 0.6) is 11.5 Å². The molecule has 2 aromatic carbocycles. The van der Waals surface area contributed by atoms with Crippen molar-refractivity contribution in [1.82, 2.24) is 4.90 Å². The molecule has 0 aromatic heterocycles. The number of hydrogen-bond donors (Lipinski definition) is 0. The fourth-order valence-electron chi connectivity index (χ4n) is 3.70. The molecule has 27 heavy (non-hydrogen) atoms. The van der Waals surface area contributed by atoms with Crippen molar-refractivity contribution in [3.05, 3.63) is 59.2 Å². The first kappa shape index (κ1) is 18.2. The lowest BCUT2D eigenvalue weighted by molar-refractivity contribution is -0.129. The molecule has 2 aliphatic heterocycles. The van der Waals surface area contributed by atoms with Gasteiger partial charge in [-0.3, -0.25) is 4.79 Å². The zero-order valence-corrected chi connectivity index (χ0v) is 16.5. The summed E-state index contributed by atoms with van der Waals surface area (Å²) in [6.45, 7) is 4.10. The lowest BCUT2D eigenvalue weighted by Crippen LogP contribution is -2.32. The third-order valence-corrected chi connectivity index (χ3v) is 6.13. The monoisotopic (exact) mass is 383 g/mol. The van der Waals surface area contributed by atoms with Crippen molar-refractivity contribution in [1.29, 1.82) is 0 Å². The van der Waals surface area contributed by atoms with E-state index in [1.165, 1.54) is 11.1 Å². The first-order chi connectivity index (χ1) is 13.2. The van der Waals surface area contributed by atoms with Crippen LogP contribution in [0.1, 0.15) is 35.6 Å². The van der Waals surface area contributed by atoms with E-state index in [1.807, 2.05) is 17.0 Å². The van der Waals surface area contributed by atoms with Gasteiger partial charge in [0, 0.05) is 12.3 Å². The predicted molar refractivity (Wildman–Crippen MR) is 108 cm³/mol. The first-order valence-corrected chi connectivity index (χ1v) is 10.7. The fraction of sp³-hybridized carbons (Fsp3) is 0.409. The molecule has 1 fully saturated rings. The van der Waals surface area contributed by atoms with Crippen molar-refractivity contribution in [3.8, 4) is 11.5 Å². The van der Waals surface area contributed by atoms with Crippen molar-refractivity contribution >= 4 is 17.7 Å². The topological polar surface area (TPSA) is 38.8 Å². The molecule has 0 spiro atoms. The molecule has 142 valence electrons. The number of carbonyl (C=O) groups is 1. The summed E-state index contributed by atoms with van der Waals surface area (Å²) in [6, 6.07) is 14.8. The van der Waals surface area contributed by atoms with Crippen molar-refractivity contribution in [3.63, 3.8) is 0 Å². The number of likely N-dealkylation sites (tertiary alicyclic amines) is 1. The third kappa shape index (κ3) is 4.24. The number of fused-ring (bicyclic) bond motifs is 1. The second-order valence-corrected chi connectivity index (χ2v) is 8.11. The summed E-state index contributed by atoms with van der Waals surface area (Å²) in [6.07, 6.45) is 2.06. The molecule has 2 aliphatic rings. The van der Waals surface area contributed by atoms with Crippen molar-refractivity contribution in [2.75, 3.05) is 25.5 Å². The number of carbonyl (C=O) groups excluding carboxylic acids is 1. The van der Waals surface area contributed by atoms with Gasteiger partial charge in [-0.2, -0.15) is 0 Å². The van der Waals surface area contributed by atoms with Crippen LogP contribution in [-0.2, 0) is 10.5 Å². The Morgan fingerprint density at radius 3 is 2.70 bits per heavy atom. The number of aryl methyl sites for hydroxylation is 1. The Morgan fingerprint density at radius 1 is 1.11 bits per heavy atom. The predicted octanol–water partition coefficient (Wildman–Crippen LogP) is 4.36. The van der Waals surface area contributed by atoms with Gasteiger partial charge in [-0.05, 0) is 43.0 Å². The number of nitrogens with zero attached hydrogens (tertiary/aromatic N) is 1. The van der Waals surface area contributed by atoms with Gasteiger partial charge in [-0.15, -0.1) is 11.8 Å². The SMILES string of the molecule is Cc1ccc(CSCC(=O)N2CCCC2c2ccc3c(c2)OCCO3)cc1. The van der Waals surface area contributed by atoms with E-state index in [-0.39, 0.29) is 11.9 Å². The molecule has 1 atom stereocenters. The Bertz CT molecular complexity index is 806. The average molecular weight is 384 g/mol. The molecule has 1 amide bonds. The largest absolute Gasteiger partial charge is 0.486 e. The smallest absolute Gasteiger partial charge is 0.233 e. The van der Waals surface area contributed by atoms with E-state index in [0.29, 0.717) is 19.0 Å². The minimum Gasteiger partial charge on any atom is -0.486 e. The molecular weight excluding hydrogens is 358 g/mol. The van der Waals surface area contributed by atoms with Crippen LogP contribution in [-0.4, -0.2) is 36.3 Å². The molecule has 0 N–H and O–H groups in total. The minimum atomic E-state index is 0.147. The van der Waals surface area contributed by atoms with Gasteiger partial charge in [0.15, 0.2) is 11.5 Å². The highest BCUT2D eigenvalue weighted by Gasteiger charge is 2.30. The summed E-state index contributed by atoms with van der Waals surface area (Å²) in [5.74, 6) is 3.22. The Morgan fingerprint density at radius 2 is 1.89 bits per heavy atom. The van der Waals surface area contributed by atoms with Crippen molar-refractivity contribution in [2.24, 2.45) is 0 Å². The normalized spacial score (nSPS) is 18.6. The number of benzene rings is 2. The fourth-order valence-corrected chi connectivity index (χ4v) is 4.57. The highest BCUT2D eigenvalue weighted by Crippen LogP contribution is 2.38. The van der Waals surface area contributed by atoms with E-state index in [2.05, 4.69) is 37.3 Å². The summed E-state index contributed by atoms with van der Waals surface area (Å²) >= 11 is 1.69. The van der Waals surface area contributed by atoms with Gasteiger partial charge < -0.3 is 14.4 Å². The van der Waals surface area contributed by atoms with Crippen LogP contribution in [0.15, 0.2) is 42.5 Å². The maximum atomic E-state index is 12.8. The van der Waals surface area contributed by atoms with Crippen LogP contribution in [0.25, 0.3) is 0 Å². The molecular formula is C22H25NO3S. The molecule has 0 radical (unpaired) electrons. The van der Waals surface area contributed by atoms with Crippen molar-refractivity contribution in [2.45, 2.75) is 31.6 Å². The van der Waals surface area contributed by atoms with Gasteiger partial charge in [-0.1, -0.05) is 35.9 Å². The van der Waals surface area contributed by atoms with Crippen LogP contribution in [0, 0.1) is 6.92 Å². The maximum absolute atomic E-state index is 12.8. The van der Waals surface area contributed by atoms with Gasteiger partial charge in [0.25, 0.3) is 0 Å². The summed E-state index contributed by atoms with van der Waals surface area (Å²) in [5.41, 5.74) is 3.68. The molecule has 0 aliphatic carbocycles. The highest BCUT2D eigenvalue weighted by molar-refractivity contribution is 7.99. The summed E-state index contributed by atoms with van der Waals surface area (Å²) in [4.78, 5) is 14.8. The Kier molecular flexibility index (Phi) is 5.58. The van der Waals surface area contributed by atoms with Crippen molar-refractivity contribution < 1.29 is 14.3 Å². The highest BCUT2D eigenvalue weighted by atomic mass is 32.2. The summed E-state index contributed by atoms with van der Waals surface area (Å²) in [7, 11) is 0. The van der Waals surface area contributed by atoms with Gasteiger partial charge >= 0.3 is 0 Å². The molecule has 2 heterocycles. The molecule has 1 unspecified atom stereocenters. The van der Waals surface area contributed by atoms with E-state index in [9.17, 15) is 4.79 Å². The molecule has 5 heteroatoms. The number of hydrogen-bond acceptors (Lipinski definition) is 4. The number of amides is 1. The maximum Gasteiger partial charge on any atom is 0.233 e. The van der Waals surface area contributed by atoms with E-state index >= 15 is 0 Å². The van der Waals surface area contributed by atoms with Gasteiger partial charge in [-0.25, -0.2) is 0 Å². The molecule has 0 saturated carbocycles. The first-order valence-electron chi connectivity index (χ1n) is 9.53. The second-order valence-electron chi connectivity index (χ2n) is 7.13.